The van der Waals surface area contributed by atoms with Crippen molar-refractivity contribution in [2.75, 3.05) is 13.2 Å². The van der Waals surface area contributed by atoms with Gasteiger partial charge >= 0.3 is 5.97 Å². The van der Waals surface area contributed by atoms with E-state index in [4.69, 9.17) is 14.6 Å². The number of aliphatic hydroxyl groups is 1. The van der Waals surface area contributed by atoms with Crippen molar-refractivity contribution >= 4 is 5.97 Å². The molecule has 0 unspecified atom stereocenters. The molecule has 1 aliphatic rings. The molecule has 1 rings (SSSR count). The highest BCUT2D eigenvalue weighted by atomic mass is 16.6. The molecular formula is C6H10O4. The largest absolute Gasteiger partial charge is 0.457 e. The molecule has 0 spiro atoms. The van der Waals surface area contributed by atoms with Gasteiger partial charge in [-0.2, -0.15) is 0 Å². The SMILES string of the molecule is CC(=O)O[C@@H]1COC[C@@H]1O. The lowest BCUT2D eigenvalue weighted by atomic mass is 10.3. The van der Waals surface area contributed by atoms with Crippen LogP contribution in [0.15, 0.2) is 0 Å². The van der Waals surface area contributed by atoms with Crippen LogP contribution < -0.4 is 0 Å². The number of rotatable bonds is 1. The van der Waals surface area contributed by atoms with Crippen LogP contribution >= 0.6 is 0 Å². The van der Waals surface area contributed by atoms with Crippen molar-refractivity contribution in [3.05, 3.63) is 0 Å². The van der Waals surface area contributed by atoms with Crippen LogP contribution in [0.1, 0.15) is 6.92 Å². The van der Waals surface area contributed by atoms with E-state index in [2.05, 4.69) is 0 Å². The summed E-state index contributed by atoms with van der Waals surface area (Å²) in [6, 6.07) is 0. The summed E-state index contributed by atoms with van der Waals surface area (Å²) in [4.78, 5) is 10.4. The van der Waals surface area contributed by atoms with Crippen molar-refractivity contribution in [2.24, 2.45) is 0 Å². The Morgan fingerprint density at radius 2 is 2.40 bits per heavy atom. The Morgan fingerprint density at radius 1 is 1.70 bits per heavy atom. The fourth-order valence-electron chi connectivity index (χ4n) is 0.849. The van der Waals surface area contributed by atoms with E-state index in [1.165, 1.54) is 6.92 Å². The van der Waals surface area contributed by atoms with Gasteiger partial charge in [-0.15, -0.1) is 0 Å². The van der Waals surface area contributed by atoms with Crippen LogP contribution in [0.3, 0.4) is 0 Å². The monoisotopic (exact) mass is 146 g/mol. The predicted octanol–water partition coefficient (Wildman–Crippen LogP) is -0.691. The standard InChI is InChI=1S/C6H10O4/c1-4(7)10-6-3-9-2-5(6)8/h5-6,8H,2-3H2,1H3/t5-,6+/m0/s1. The number of aliphatic hydroxyl groups excluding tert-OH is 1. The van der Waals surface area contributed by atoms with Gasteiger partial charge in [0.05, 0.1) is 13.2 Å². The fourth-order valence-corrected chi connectivity index (χ4v) is 0.849. The van der Waals surface area contributed by atoms with Gasteiger partial charge in [-0.25, -0.2) is 0 Å². The van der Waals surface area contributed by atoms with E-state index in [-0.39, 0.29) is 12.6 Å². The molecule has 1 N–H and O–H groups in total. The molecule has 0 aromatic rings. The topological polar surface area (TPSA) is 55.8 Å². The molecule has 10 heavy (non-hydrogen) atoms. The molecule has 4 nitrogen and oxygen atoms in total. The molecule has 58 valence electrons. The first-order valence-electron chi connectivity index (χ1n) is 3.13. The van der Waals surface area contributed by atoms with Gasteiger partial charge in [0.25, 0.3) is 0 Å². The quantitative estimate of drug-likeness (QED) is 0.497. The van der Waals surface area contributed by atoms with E-state index in [0.29, 0.717) is 6.61 Å². The summed E-state index contributed by atoms with van der Waals surface area (Å²) in [5.74, 6) is -0.380. The highest BCUT2D eigenvalue weighted by Crippen LogP contribution is 2.08. The van der Waals surface area contributed by atoms with Gasteiger partial charge in [0.2, 0.25) is 0 Å². The Morgan fingerprint density at radius 3 is 2.80 bits per heavy atom. The minimum atomic E-state index is -0.649. The Bertz CT molecular complexity index is 134. The van der Waals surface area contributed by atoms with E-state index < -0.39 is 12.2 Å². The molecular weight excluding hydrogens is 136 g/mol. The van der Waals surface area contributed by atoms with Gasteiger partial charge in [-0.1, -0.05) is 0 Å². The maximum Gasteiger partial charge on any atom is 0.303 e. The average molecular weight is 146 g/mol. The molecule has 1 saturated heterocycles. The lowest BCUT2D eigenvalue weighted by Crippen LogP contribution is -2.28. The second kappa shape index (κ2) is 2.98. The summed E-state index contributed by atoms with van der Waals surface area (Å²) < 4.78 is 9.55. The highest BCUT2D eigenvalue weighted by molar-refractivity contribution is 5.66. The van der Waals surface area contributed by atoms with Gasteiger partial charge in [-0.3, -0.25) is 4.79 Å². The highest BCUT2D eigenvalue weighted by Gasteiger charge is 2.28. The molecule has 1 aliphatic heterocycles. The maximum atomic E-state index is 10.4. The zero-order valence-corrected chi connectivity index (χ0v) is 5.74. The summed E-state index contributed by atoms with van der Waals surface area (Å²) in [5.41, 5.74) is 0. The first-order valence-corrected chi connectivity index (χ1v) is 3.13. The number of carbonyl (C=O) groups is 1. The van der Waals surface area contributed by atoms with E-state index >= 15 is 0 Å². The lowest BCUT2D eigenvalue weighted by Gasteiger charge is -2.11. The van der Waals surface area contributed by atoms with Gasteiger partial charge in [0.15, 0.2) is 6.10 Å². The second-order valence-corrected chi connectivity index (χ2v) is 2.25. The Kier molecular flexibility index (Phi) is 2.24. The Labute approximate surface area is 58.7 Å². The van der Waals surface area contributed by atoms with Gasteiger partial charge < -0.3 is 14.6 Å². The number of carbonyl (C=O) groups excluding carboxylic acids is 1. The summed E-state index contributed by atoms with van der Waals surface area (Å²) in [5, 5.41) is 9.04. The molecule has 2 atom stereocenters. The smallest absolute Gasteiger partial charge is 0.303 e. The molecule has 0 aromatic carbocycles. The molecule has 0 aromatic heterocycles. The first-order chi connectivity index (χ1) is 4.70. The predicted molar refractivity (Wildman–Crippen MR) is 32.4 cm³/mol. The Hall–Kier alpha value is -0.610. The van der Waals surface area contributed by atoms with E-state index in [1.54, 1.807) is 0 Å². The first kappa shape index (κ1) is 7.50. The van der Waals surface area contributed by atoms with E-state index in [1.807, 2.05) is 0 Å². The van der Waals surface area contributed by atoms with Crippen molar-refractivity contribution in [3.63, 3.8) is 0 Å². The number of hydrogen-bond donors (Lipinski definition) is 1. The summed E-state index contributed by atoms with van der Waals surface area (Å²) >= 11 is 0. The molecule has 4 heteroatoms. The summed E-state index contributed by atoms with van der Waals surface area (Å²) in [6.07, 6.45) is -1.11. The third-order valence-electron chi connectivity index (χ3n) is 1.32. The molecule has 0 bridgehead atoms. The average Bonchev–Trinajstić information content (AvgIpc) is 2.15. The third-order valence-corrected chi connectivity index (χ3v) is 1.32. The van der Waals surface area contributed by atoms with Crippen LogP contribution in [0.2, 0.25) is 0 Å². The van der Waals surface area contributed by atoms with Crippen molar-refractivity contribution in [3.8, 4) is 0 Å². The normalized spacial score (nSPS) is 32.2. The van der Waals surface area contributed by atoms with Crippen molar-refractivity contribution < 1.29 is 19.4 Å². The molecule has 0 radical (unpaired) electrons. The summed E-state index contributed by atoms with van der Waals surface area (Å²) in [6.45, 7) is 1.88. The van der Waals surface area contributed by atoms with Crippen LogP contribution in [-0.4, -0.2) is 36.5 Å². The summed E-state index contributed by atoms with van der Waals surface area (Å²) in [7, 11) is 0. The molecule has 0 aliphatic carbocycles. The zero-order valence-electron chi connectivity index (χ0n) is 5.74. The van der Waals surface area contributed by atoms with Crippen LogP contribution in [-0.2, 0) is 14.3 Å². The van der Waals surface area contributed by atoms with Crippen LogP contribution in [0.4, 0.5) is 0 Å². The number of hydrogen-bond acceptors (Lipinski definition) is 4. The molecule has 0 amide bonds. The van der Waals surface area contributed by atoms with E-state index in [9.17, 15) is 4.79 Å². The Balaban J connectivity index is 2.33. The molecule has 1 fully saturated rings. The van der Waals surface area contributed by atoms with Gasteiger partial charge in [0, 0.05) is 6.92 Å². The second-order valence-electron chi connectivity index (χ2n) is 2.25. The number of ether oxygens (including phenoxy) is 2. The lowest BCUT2D eigenvalue weighted by molar-refractivity contribution is -0.149. The van der Waals surface area contributed by atoms with Crippen LogP contribution in [0.25, 0.3) is 0 Å². The zero-order chi connectivity index (χ0) is 7.56. The van der Waals surface area contributed by atoms with Gasteiger partial charge in [-0.05, 0) is 0 Å². The third kappa shape index (κ3) is 1.68. The minimum absolute atomic E-state index is 0.262. The molecule has 1 heterocycles. The maximum absolute atomic E-state index is 10.4. The van der Waals surface area contributed by atoms with Crippen molar-refractivity contribution in [1.29, 1.82) is 0 Å². The van der Waals surface area contributed by atoms with Crippen LogP contribution in [0.5, 0.6) is 0 Å². The van der Waals surface area contributed by atoms with Crippen molar-refractivity contribution in [2.45, 2.75) is 19.1 Å². The van der Waals surface area contributed by atoms with Crippen molar-refractivity contribution in [1.82, 2.24) is 0 Å². The van der Waals surface area contributed by atoms with E-state index in [0.717, 1.165) is 0 Å². The minimum Gasteiger partial charge on any atom is -0.457 e. The molecule has 0 saturated carbocycles. The van der Waals surface area contributed by atoms with Crippen LogP contribution in [0, 0.1) is 0 Å². The fraction of sp³-hybridized carbons (Fsp3) is 0.833. The van der Waals surface area contributed by atoms with Gasteiger partial charge in [0.1, 0.15) is 6.10 Å². The number of esters is 1.